The van der Waals surface area contributed by atoms with E-state index in [1.165, 1.54) is 22.9 Å². The van der Waals surface area contributed by atoms with Crippen LogP contribution in [0.15, 0.2) is 30.5 Å². The molecule has 2 nitrogen and oxygen atoms in total. The standard InChI is InChI=1S/C10H12N2.C3H8/c11-6-5-8-7-12-10-4-2-1-3-9(8)10;1-3-2/h1-4,7,12H,5-6,11H2;3H2,1-2H3. The van der Waals surface area contributed by atoms with Gasteiger partial charge in [-0.15, -0.1) is 0 Å². The van der Waals surface area contributed by atoms with Crippen LogP contribution in [0.3, 0.4) is 0 Å². The first-order valence-corrected chi connectivity index (χ1v) is 5.58. The lowest BCUT2D eigenvalue weighted by Gasteiger charge is -1.93. The highest BCUT2D eigenvalue weighted by Crippen LogP contribution is 2.17. The van der Waals surface area contributed by atoms with Gasteiger partial charge in [-0.25, -0.2) is 0 Å². The van der Waals surface area contributed by atoms with Crippen molar-refractivity contribution >= 4 is 10.9 Å². The molecule has 2 aromatic rings. The Labute approximate surface area is 91.5 Å². The van der Waals surface area contributed by atoms with E-state index in [9.17, 15) is 0 Å². The van der Waals surface area contributed by atoms with Gasteiger partial charge < -0.3 is 10.7 Å². The van der Waals surface area contributed by atoms with Crippen molar-refractivity contribution in [3.63, 3.8) is 0 Å². The molecule has 0 aliphatic rings. The quantitative estimate of drug-likeness (QED) is 0.775. The van der Waals surface area contributed by atoms with Crippen LogP contribution in [0.5, 0.6) is 0 Å². The third-order valence-electron chi connectivity index (χ3n) is 2.09. The van der Waals surface area contributed by atoms with Gasteiger partial charge in [-0.3, -0.25) is 0 Å². The summed E-state index contributed by atoms with van der Waals surface area (Å²) in [6, 6.07) is 8.29. The average molecular weight is 204 g/mol. The fourth-order valence-corrected chi connectivity index (χ4v) is 1.49. The Morgan fingerprint density at radius 3 is 2.53 bits per heavy atom. The molecule has 2 rings (SSSR count). The topological polar surface area (TPSA) is 41.8 Å². The van der Waals surface area contributed by atoms with E-state index < -0.39 is 0 Å². The molecule has 1 aromatic heterocycles. The van der Waals surface area contributed by atoms with Crippen LogP contribution in [0.25, 0.3) is 10.9 Å². The van der Waals surface area contributed by atoms with Crippen LogP contribution in [0, 0.1) is 0 Å². The van der Waals surface area contributed by atoms with Crippen LogP contribution in [0.4, 0.5) is 0 Å². The molecule has 0 aliphatic heterocycles. The molecule has 0 spiro atoms. The summed E-state index contributed by atoms with van der Waals surface area (Å²) >= 11 is 0. The molecule has 0 fully saturated rings. The molecule has 0 saturated heterocycles. The Kier molecular flexibility index (Phi) is 4.91. The molecule has 0 radical (unpaired) electrons. The van der Waals surface area contributed by atoms with Gasteiger partial charge in [-0.05, 0) is 24.6 Å². The predicted molar refractivity (Wildman–Crippen MR) is 67.0 cm³/mol. The maximum absolute atomic E-state index is 5.50. The van der Waals surface area contributed by atoms with Crippen LogP contribution in [0.2, 0.25) is 0 Å². The van der Waals surface area contributed by atoms with Crippen molar-refractivity contribution in [3.05, 3.63) is 36.0 Å². The zero-order valence-electron chi connectivity index (χ0n) is 9.59. The molecule has 3 N–H and O–H groups in total. The van der Waals surface area contributed by atoms with E-state index in [2.05, 4.69) is 37.0 Å². The average Bonchev–Trinajstić information content (AvgIpc) is 2.64. The molecule has 82 valence electrons. The molecule has 0 saturated carbocycles. The van der Waals surface area contributed by atoms with Crippen LogP contribution < -0.4 is 5.73 Å². The van der Waals surface area contributed by atoms with E-state index in [0.717, 1.165) is 6.42 Å². The summed E-state index contributed by atoms with van der Waals surface area (Å²) in [7, 11) is 0. The minimum atomic E-state index is 0.710. The van der Waals surface area contributed by atoms with E-state index in [4.69, 9.17) is 5.73 Å². The molecule has 0 bridgehead atoms. The fraction of sp³-hybridized carbons (Fsp3) is 0.385. The lowest BCUT2D eigenvalue weighted by molar-refractivity contribution is 0.976. The van der Waals surface area contributed by atoms with Crippen molar-refractivity contribution in [1.82, 2.24) is 4.98 Å². The molecular formula is C13H20N2. The Bertz CT molecular complexity index is 390. The van der Waals surface area contributed by atoms with Crippen molar-refractivity contribution < 1.29 is 0 Å². The first-order chi connectivity index (χ1) is 7.33. The lowest BCUT2D eigenvalue weighted by Crippen LogP contribution is -2.01. The second-order valence-corrected chi connectivity index (χ2v) is 3.61. The second-order valence-electron chi connectivity index (χ2n) is 3.61. The number of nitrogens with two attached hydrogens (primary N) is 1. The molecule has 15 heavy (non-hydrogen) atoms. The Morgan fingerprint density at radius 1 is 1.20 bits per heavy atom. The number of nitrogens with one attached hydrogen (secondary N) is 1. The number of H-pyrrole nitrogens is 1. The molecule has 2 heteroatoms. The molecule has 0 unspecified atom stereocenters. The van der Waals surface area contributed by atoms with Gasteiger partial charge in [0.15, 0.2) is 0 Å². The monoisotopic (exact) mass is 204 g/mol. The van der Waals surface area contributed by atoms with E-state index in [1.807, 2.05) is 12.3 Å². The largest absolute Gasteiger partial charge is 0.361 e. The SMILES string of the molecule is CCC.NCCc1c[nH]c2ccccc12. The highest BCUT2D eigenvalue weighted by atomic mass is 14.7. The number of aromatic amines is 1. The van der Waals surface area contributed by atoms with Crippen LogP contribution >= 0.6 is 0 Å². The fourth-order valence-electron chi connectivity index (χ4n) is 1.49. The number of aromatic nitrogens is 1. The van der Waals surface area contributed by atoms with Crippen LogP contribution in [-0.2, 0) is 6.42 Å². The molecule has 0 atom stereocenters. The van der Waals surface area contributed by atoms with Gasteiger partial charge >= 0.3 is 0 Å². The Balaban J connectivity index is 0.000000337. The minimum absolute atomic E-state index is 0.710. The summed E-state index contributed by atoms with van der Waals surface area (Å²) in [5.74, 6) is 0. The zero-order valence-corrected chi connectivity index (χ0v) is 9.59. The predicted octanol–water partition coefficient (Wildman–Crippen LogP) is 3.09. The molecule has 0 amide bonds. The van der Waals surface area contributed by atoms with Crippen molar-refractivity contribution in [2.24, 2.45) is 5.73 Å². The van der Waals surface area contributed by atoms with Gasteiger partial charge in [0.25, 0.3) is 0 Å². The Morgan fingerprint density at radius 2 is 1.87 bits per heavy atom. The maximum atomic E-state index is 5.50. The highest BCUT2D eigenvalue weighted by molar-refractivity contribution is 5.82. The summed E-state index contributed by atoms with van der Waals surface area (Å²) in [5.41, 5.74) is 8.01. The summed E-state index contributed by atoms with van der Waals surface area (Å²) < 4.78 is 0. The Hall–Kier alpha value is -1.28. The van der Waals surface area contributed by atoms with Gasteiger partial charge in [-0.1, -0.05) is 38.5 Å². The third kappa shape index (κ3) is 3.10. The minimum Gasteiger partial charge on any atom is -0.361 e. The van der Waals surface area contributed by atoms with Crippen molar-refractivity contribution in [2.45, 2.75) is 26.7 Å². The van der Waals surface area contributed by atoms with Crippen LogP contribution in [-0.4, -0.2) is 11.5 Å². The number of rotatable bonds is 2. The van der Waals surface area contributed by atoms with E-state index >= 15 is 0 Å². The van der Waals surface area contributed by atoms with Gasteiger partial charge in [0.05, 0.1) is 0 Å². The molecule has 1 aromatic carbocycles. The van der Waals surface area contributed by atoms with Crippen molar-refractivity contribution in [2.75, 3.05) is 6.54 Å². The summed E-state index contributed by atoms with van der Waals surface area (Å²) in [6.45, 7) is 4.96. The first kappa shape index (κ1) is 11.8. The van der Waals surface area contributed by atoms with E-state index in [-0.39, 0.29) is 0 Å². The lowest BCUT2D eigenvalue weighted by atomic mass is 10.1. The number of hydrogen-bond acceptors (Lipinski definition) is 1. The smallest absolute Gasteiger partial charge is 0.0456 e. The molecular weight excluding hydrogens is 184 g/mol. The van der Waals surface area contributed by atoms with E-state index in [1.54, 1.807) is 0 Å². The first-order valence-electron chi connectivity index (χ1n) is 5.58. The number of hydrogen-bond donors (Lipinski definition) is 2. The second kappa shape index (κ2) is 6.25. The van der Waals surface area contributed by atoms with E-state index in [0.29, 0.717) is 6.54 Å². The highest BCUT2D eigenvalue weighted by Gasteiger charge is 1.99. The molecule has 1 heterocycles. The summed E-state index contributed by atoms with van der Waals surface area (Å²) in [4.78, 5) is 3.22. The number of benzene rings is 1. The third-order valence-corrected chi connectivity index (χ3v) is 2.09. The van der Waals surface area contributed by atoms with Crippen LogP contribution in [0.1, 0.15) is 25.8 Å². The van der Waals surface area contributed by atoms with Gasteiger partial charge in [0, 0.05) is 17.1 Å². The van der Waals surface area contributed by atoms with Gasteiger partial charge in [0.1, 0.15) is 0 Å². The summed E-state index contributed by atoms with van der Waals surface area (Å²) in [6.07, 6.45) is 4.24. The van der Waals surface area contributed by atoms with Gasteiger partial charge in [-0.2, -0.15) is 0 Å². The van der Waals surface area contributed by atoms with Gasteiger partial charge in [0.2, 0.25) is 0 Å². The number of fused-ring (bicyclic) bond motifs is 1. The van der Waals surface area contributed by atoms with Crippen molar-refractivity contribution in [1.29, 1.82) is 0 Å². The zero-order chi connectivity index (χ0) is 11.1. The number of para-hydroxylation sites is 1. The normalized spacial score (nSPS) is 9.80. The summed E-state index contributed by atoms with van der Waals surface area (Å²) in [5, 5.41) is 1.29. The maximum Gasteiger partial charge on any atom is 0.0456 e. The molecule has 0 aliphatic carbocycles. The van der Waals surface area contributed by atoms with Crippen molar-refractivity contribution in [3.8, 4) is 0 Å².